The molecule has 0 radical (unpaired) electrons. The maximum absolute atomic E-state index is 11.5. The van der Waals surface area contributed by atoms with E-state index in [9.17, 15) is 9.59 Å². The van der Waals surface area contributed by atoms with Crippen LogP contribution in [0.3, 0.4) is 0 Å². The summed E-state index contributed by atoms with van der Waals surface area (Å²) in [5, 5.41) is 2.76. The van der Waals surface area contributed by atoms with Crippen molar-refractivity contribution in [3.63, 3.8) is 0 Å². The first-order chi connectivity index (χ1) is 7.72. The van der Waals surface area contributed by atoms with Gasteiger partial charge in [-0.3, -0.25) is 4.79 Å². The van der Waals surface area contributed by atoms with E-state index in [0.29, 0.717) is 24.3 Å². The minimum Gasteiger partial charge on any atom is -0.462 e. The van der Waals surface area contributed by atoms with Gasteiger partial charge in [0.25, 0.3) is 5.91 Å². The van der Waals surface area contributed by atoms with E-state index >= 15 is 0 Å². The van der Waals surface area contributed by atoms with Crippen molar-refractivity contribution in [2.75, 3.05) is 13.2 Å². The van der Waals surface area contributed by atoms with Crippen LogP contribution >= 0.6 is 0 Å². The third-order valence-corrected chi connectivity index (χ3v) is 2.54. The van der Waals surface area contributed by atoms with E-state index < -0.39 is 0 Å². The highest BCUT2D eigenvalue weighted by atomic mass is 16.5. The highest BCUT2D eigenvalue weighted by Gasteiger charge is 2.18. The molecule has 4 heteroatoms. The molecule has 16 heavy (non-hydrogen) atoms. The second kappa shape index (κ2) is 4.35. The summed E-state index contributed by atoms with van der Waals surface area (Å²) in [5.74, 6) is -0.409. The minimum absolute atomic E-state index is 0.0725. The molecule has 1 aliphatic heterocycles. The molecule has 84 valence electrons. The van der Waals surface area contributed by atoms with Gasteiger partial charge in [-0.25, -0.2) is 4.79 Å². The zero-order chi connectivity index (χ0) is 11.5. The Balaban J connectivity index is 2.32. The minimum atomic E-state index is -0.337. The van der Waals surface area contributed by atoms with E-state index in [1.807, 2.05) is 0 Å². The summed E-state index contributed by atoms with van der Waals surface area (Å²) in [6.07, 6.45) is 0.758. The van der Waals surface area contributed by atoms with Crippen molar-refractivity contribution < 1.29 is 14.3 Å². The molecule has 1 N–H and O–H groups in total. The van der Waals surface area contributed by atoms with Crippen LogP contribution in [-0.2, 0) is 11.2 Å². The molecule has 0 saturated heterocycles. The lowest BCUT2D eigenvalue weighted by molar-refractivity contribution is 0.0525. The number of ether oxygens (including phenoxy) is 1. The maximum Gasteiger partial charge on any atom is 0.338 e. The van der Waals surface area contributed by atoms with Gasteiger partial charge >= 0.3 is 5.97 Å². The fraction of sp³-hybridized carbons (Fsp3) is 0.333. The van der Waals surface area contributed by atoms with E-state index in [1.165, 1.54) is 0 Å². The predicted molar refractivity (Wildman–Crippen MR) is 58.4 cm³/mol. The van der Waals surface area contributed by atoms with E-state index in [-0.39, 0.29) is 11.9 Å². The maximum atomic E-state index is 11.5. The lowest BCUT2D eigenvalue weighted by atomic mass is 9.98. The van der Waals surface area contributed by atoms with Crippen molar-refractivity contribution in [1.82, 2.24) is 5.32 Å². The quantitative estimate of drug-likeness (QED) is 0.759. The molecule has 1 aliphatic rings. The Kier molecular flexibility index (Phi) is 2.90. The molecule has 0 bridgehead atoms. The van der Waals surface area contributed by atoms with Crippen LogP contribution in [0.4, 0.5) is 0 Å². The van der Waals surface area contributed by atoms with E-state index in [1.54, 1.807) is 25.1 Å². The van der Waals surface area contributed by atoms with Crippen molar-refractivity contribution >= 4 is 11.9 Å². The van der Waals surface area contributed by atoms with Gasteiger partial charge in [-0.05, 0) is 37.1 Å². The van der Waals surface area contributed by atoms with Crippen molar-refractivity contribution in [2.24, 2.45) is 0 Å². The molecule has 1 heterocycles. The number of esters is 1. The third kappa shape index (κ3) is 1.91. The largest absolute Gasteiger partial charge is 0.462 e. The number of hydrogen-bond donors (Lipinski definition) is 1. The fourth-order valence-electron chi connectivity index (χ4n) is 1.77. The van der Waals surface area contributed by atoms with Crippen LogP contribution in [0.2, 0.25) is 0 Å². The van der Waals surface area contributed by atoms with Gasteiger partial charge in [0.2, 0.25) is 0 Å². The van der Waals surface area contributed by atoms with Crippen LogP contribution in [0.5, 0.6) is 0 Å². The van der Waals surface area contributed by atoms with Crippen LogP contribution in [0.1, 0.15) is 33.2 Å². The molecule has 1 aromatic carbocycles. The first-order valence-electron chi connectivity index (χ1n) is 5.30. The highest BCUT2D eigenvalue weighted by molar-refractivity contribution is 5.98. The van der Waals surface area contributed by atoms with Crippen molar-refractivity contribution in [1.29, 1.82) is 0 Å². The Morgan fingerprint density at radius 1 is 1.50 bits per heavy atom. The molecular formula is C12H13NO3. The van der Waals surface area contributed by atoms with Gasteiger partial charge in [-0.15, -0.1) is 0 Å². The summed E-state index contributed by atoms with van der Waals surface area (Å²) in [6, 6.07) is 5.05. The molecule has 4 nitrogen and oxygen atoms in total. The zero-order valence-electron chi connectivity index (χ0n) is 9.08. The molecule has 1 aromatic rings. The highest BCUT2D eigenvalue weighted by Crippen LogP contribution is 2.16. The SMILES string of the molecule is CCOC(=O)c1ccc2c(c1)CCNC2=O. The lowest BCUT2D eigenvalue weighted by Crippen LogP contribution is -2.31. The Morgan fingerprint density at radius 2 is 2.31 bits per heavy atom. The monoisotopic (exact) mass is 219 g/mol. The van der Waals surface area contributed by atoms with Crippen LogP contribution in [0, 0.1) is 0 Å². The molecule has 0 atom stereocenters. The second-order valence-corrected chi connectivity index (χ2v) is 3.60. The number of nitrogens with one attached hydrogen (secondary N) is 1. The van der Waals surface area contributed by atoms with Crippen LogP contribution in [0.25, 0.3) is 0 Å². The normalized spacial score (nSPS) is 13.9. The van der Waals surface area contributed by atoms with E-state index in [2.05, 4.69) is 5.32 Å². The Hall–Kier alpha value is -1.84. The van der Waals surface area contributed by atoms with Gasteiger partial charge in [0.05, 0.1) is 12.2 Å². The topological polar surface area (TPSA) is 55.4 Å². The van der Waals surface area contributed by atoms with Crippen molar-refractivity contribution in [3.05, 3.63) is 34.9 Å². The van der Waals surface area contributed by atoms with Gasteiger partial charge in [-0.1, -0.05) is 0 Å². The average Bonchev–Trinajstić information content (AvgIpc) is 2.29. The Labute approximate surface area is 93.6 Å². The summed E-state index contributed by atoms with van der Waals surface area (Å²) in [4.78, 5) is 23.0. The standard InChI is InChI=1S/C12H13NO3/c1-2-16-12(15)9-3-4-10-8(7-9)5-6-13-11(10)14/h3-4,7H,2,5-6H2,1H3,(H,13,14). The van der Waals surface area contributed by atoms with Crippen LogP contribution < -0.4 is 5.32 Å². The first-order valence-corrected chi connectivity index (χ1v) is 5.30. The predicted octanol–water partition coefficient (Wildman–Crippen LogP) is 1.15. The van der Waals surface area contributed by atoms with Gasteiger partial charge in [0, 0.05) is 12.1 Å². The number of hydrogen-bond acceptors (Lipinski definition) is 3. The number of benzene rings is 1. The number of amides is 1. The Morgan fingerprint density at radius 3 is 3.06 bits per heavy atom. The van der Waals surface area contributed by atoms with Gasteiger partial charge in [0.1, 0.15) is 0 Å². The summed E-state index contributed by atoms with van der Waals surface area (Å²) < 4.78 is 4.91. The molecule has 0 aliphatic carbocycles. The van der Waals surface area contributed by atoms with E-state index in [4.69, 9.17) is 4.74 Å². The van der Waals surface area contributed by atoms with Gasteiger partial charge in [0.15, 0.2) is 0 Å². The van der Waals surface area contributed by atoms with Gasteiger partial charge < -0.3 is 10.1 Å². The number of fused-ring (bicyclic) bond motifs is 1. The third-order valence-electron chi connectivity index (χ3n) is 2.54. The molecule has 0 saturated carbocycles. The molecular weight excluding hydrogens is 206 g/mol. The summed E-state index contributed by atoms with van der Waals surface area (Å²) >= 11 is 0. The van der Waals surface area contributed by atoms with E-state index in [0.717, 1.165) is 12.0 Å². The average molecular weight is 219 g/mol. The molecule has 2 rings (SSSR count). The van der Waals surface area contributed by atoms with Crippen molar-refractivity contribution in [2.45, 2.75) is 13.3 Å². The molecule has 0 aromatic heterocycles. The molecule has 0 spiro atoms. The van der Waals surface area contributed by atoms with Crippen LogP contribution in [-0.4, -0.2) is 25.0 Å². The Bertz CT molecular complexity index is 440. The zero-order valence-corrected chi connectivity index (χ0v) is 9.08. The fourth-order valence-corrected chi connectivity index (χ4v) is 1.77. The molecule has 1 amide bonds. The van der Waals surface area contributed by atoms with Gasteiger partial charge in [-0.2, -0.15) is 0 Å². The molecule has 0 fully saturated rings. The van der Waals surface area contributed by atoms with Crippen LogP contribution in [0.15, 0.2) is 18.2 Å². The molecule has 0 unspecified atom stereocenters. The summed E-state index contributed by atoms with van der Waals surface area (Å²) in [6.45, 7) is 2.75. The number of carbonyl (C=O) groups is 2. The van der Waals surface area contributed by atoms with Crippen molar-refractivity contribution in [3.8, 4) is 0 Å². The summed E-state index contributed by atoms with van der Waals surface area (Å²) in [5.41, 5.74) is 2.07. The number of rotatable bonds is 2. The first kappa shape index (κ1) is 10.7. The number of carbonyl (C=O) groups excluding carboxylic acids is 2. The summed E-state index contributed by atoms with van der Waals surface area (Å²) in [7, 11) is 0. The second-order valence-electron chi connectivity index (χ2n) is 3.60. The lowest BCUT2D eigenvalue weighted by Gasteiger charge is -2.16. The smallest absolute Gasteiger partial charge is 0.338 e.